The summed E-state index contributed by atoms with van der Waals surface area (Å²) in [5.41, 5.74) is 6.85. The molecule has 2 aromatic carbocycles. The summed E-state index contributed by atoms with van der Waals surface area (Å²) in [5.74, 6) is 1.79. The summed E-state index contributed by atoms with van der Waals surface area (Å²) in [4.78, 5) is 2.48. The van der Waals surface area contributed by atoms with E-state index in [1.807, 2.05) is 6.07 Å². The highest BCUT2D eigenvalue weighted by atomic mass is 79.9. The van der Waals surface area contributed by atoms with Gasteiger partial charge in [0.05, 0.1) is 0 Å². The lowest BCUT2D eigenvalue weighted by atomic mass is 9.77. The van der Waals surface area contributed by atoms with E-state index in [0.29, 0.717) is 12.8 Å². The van der Waals surface area contributed by atoms with E-state index >= 15 is 0 Å². The molecule has 2 aromatic rings. The Morgan fingerprint density at radius 1 is 1.18 bits per heavy atom. The van der Waals surface area contributed by atoms with Crippen molar-refractivity contribution in [3.63, 3.8) is 0 Å². The monoisotopic (exact) mass is 357 g/mol. The van der Waals surface area contributed by atoms with Gasteiger partial charge in [0.15, 0.2) is 11.5 Å². The quantitative estimate of drug-likeness (QED) is 0.712. The van der Waals surface area contributed by atoms with Gasteiger partial charge in [-0.1, -0.05) is 22.0 Å². The molecule has 0 fully saturated rings. The molecule has 1 atom stereocenters. The molecule has 2 aliphatic heterocycles. The van der Waals surface area contributed by atoms with Gasteiger partial charge in [-0.15, -0.1) is 0 Å². The van der Waals surface area contributed by atoms with Crippen molar-refractivity contribution >= 4 is 15.9 Å². The molecule has 0 saturated carbocycles. The van der Waals surface area contributed by atoms with E-state index in [1.54, 1.807) is 0 Å². The van der Waals surface area contributed by atoms with E-state index < -0.39 is 0 Å². The van der Waals surface area contributed by atoms with Crippen LogP contribution in [0.1, 0.15) is 22.7 Å². The zero-order chi connectivity index (χ0) is 14.8. The maximum Gasteiger partial charge on any atom is 0.231 e. The van der Waals surface area contributed by atoms with E-state index in [2.05, 4.69) is 46.1 Å². The second-order valence-electron chi connectivity index (χ2n) is 6.31. The summed E-state index contributed by atoms with van der Waals surface area (Å²) in [5, 5.41) is 0. The van der Waals surface area contributed by atoms with E-state index in [0.717, 1.165) is 35.4 Å². The van der Waals surface area contributed by atoms with Gasteiger partial charge in [-0.3, -0.25) is 4.90 Å². The largest absolute Gasteiger partial charge is 0.454 e. The summed E-state index contributed by atoms with van der Waals surface area (Å²) < 4.78 is 12.5. The second kappa shape index (κ2) is 4.49. The predicted molar refractivity (Wildman–Crippen MR) is 88.5 cm³/mol. The fourth-order valence-electron chi connectivity index (χ4n) is 4.10. The Morgan fingerprint density at radius 3 is 3.00 bits per heavy atom. The smallest absolute Gasteiger partial charge is 0.231 e. The van der Waals surface area contributed by atoms with Gasteiger partial charge in [-0.05, 0) is 60.3 Å². The maximum absolute atomic E-state index is 5.80. The van der Waals surface area contributed by atoms with Gasteiger partial charge in [0.25, 0.3) is 0 Å². The van der Waals surface area contributed by atoms with Gasteiger partial charge in [-0.2, -0.15) is 0 Å². The van der Waals surface area contributed by atoms with Crippen LogP contribution in [0.2, 0.25) is 0 Å². The summed E-state index contributed by atoms with van der Waals surface area (Å²) in [6.45, 7) is 1.44. The van der Waals surface area contributed by atoms with Gasteiger partial charge >= 0.3 is 0 Å². The Bertz CT molecular complexity index is 802. The van der Waals surface area contributed by atoms with Crippen molar-refractivity contribution in [1.29, 1.82) is 0 Å². The number of rotatable bonds is 0. The molecule has 4 heteroatoms. The van der Waals surface area contributed by atoms with Gasteiger partial charge in [0, 0.05) is 22.6 Å². The Hall–Kier alpha value is -1.52. The zero-order valence-electron chi connectivity index (χ0n) is 12.4. The molecule has 0 radical (unpaired) electrons. The standard InChI is InChI=1S/C18H16BrNO2/c1-20-5-4-11-6-12(19)8-13-16(11)14(20)7-10-2-3-15-18(17(10)13)22-9-21-15/h2-3,6,8,14H,4-5,7,9H2,1H3. The van der Waals surface area contributed by atoms with Crippen molar-refractivity contribution in [2.45, 2.75) is 18.9 Å². The number of ether oxygens (including phenoxy) is 2. The fraction of sp³-hybridized carbons (Fsp3) is 0.333. The molecule has 0 N–H and O–H groups in total. The molecule has 0 aromatic heterocycles. The Kier molecular flexibility index (Phi) is 2.65. The van der Waals surface area contributed by atoms with Crippen LogP contribution >= 0.6 is 15.9 Å². The molecule has 3 aliphatic rings. The molecule has 112 valence electrons. The van der Waals surface area contributed by atoms with Crippen LogP contribution in [0.25, 0.3) is 11.1 Å². The first-order valence-electron chi connectivity index (χ1n) is 7.67. The summed E-state index contributed by atoms with van der Waals surface area (Å²) in [7, 11) is 2.23. The van der Waals surface area contributed by atoms with Gasteiger partial charge in [-0.25, -0.2) is 0 Å². The molecule has 22 heavy (non-hydrogen) atoms. The van der Waals surface area contributed by atoms with E-state index in [1.165, 1.54) is 27.8 Å². The first-order chi connectivity index (χ1) is 10.7. The minimum atomic E-state index is 0.325. The number of hydrogen-bond acceptors (Lipinski definition) is 3. The first-order valence-corrected chi connectivity index (χ1v) is 8.46. The van der Waals surface area contributed by atoms with Gasteiger partial charge in [0.1, 0.15) is 0 Å². The minimum Gasteiger partial charge on any atom is -0.454 e. The van der Waals surface area contributed by atoms with Crippen LogP contribution in [0.3, 0.4) is 0 Å². The normalized spacial score (nSPS) is 21.5. The highest BCUT2D eigenvalue weighted by Crippen LogP contribution is 2.52. The molecule has 1 unspecified atom stereocenters. The van der Waals surface area contributed by atoms with Crippen LogP contribution in [0.15, 0.2) is 28.7 Å². The molecular weight excluding hydrogens is 342 g/mol. The molecular formula is C18H16BrNO2. The highest BCUT2D eigenvalue weighted by Gasteiger charge is 2.36. The van der Waals surface area contributed by atoms with Crippen LogP contribution in [-0.4, -0.2) is 25.3 Å². The Morgan fingerprint density at radius 2 is 2.09 bits per heavy atom. The third-order valence-electron chi connectivity index (χ3n) is 5.14. The Labute approximate surface area is 138 Å². The molecule has 5 rings (SSSR count). The zero-order valence-corrected chi connectivity index (χ0v) is 13.9. The first kappa shape index (κ1) is 13.0. The highest BCUT2D eigenvalue weighted by molar-refractivity contribution is 9.10. The number of hydrogen-bond donors (Lipinski definition) is 0. The van der Waals surface area contributed by atoms with Crippen LogP contribution in [0.5, 0.6) is 11.5 Å². The molecule has 2 heterocycles. The SMILES string of the molecule is CN1CCc2cc(Br)cc3c2C1Cc1ccc2c(c1-3)OCO2. The molecule has 3 nitrogen and oxygen atoms in total. The maximum atomic E-state index is 5.80. The van der Waals surface area contributed by atoms with E-state index in [-0.39, 0.29) is 0 Å². The van der Waals surface area contributed by atoms with Crippen LogP contribution in [-0.2, 0) is 12.8 Å². The number of nitrogens with zero attached hydrogens (tertiary/aromatic N) is 1. The summed E-state index contributed by atoms with van der Waals surface area (Å²) >= 11 is 3.69. The number of halogens is 1. The van der Waals surface area contributed by atoms with E-state index in [9.17, 15) is 0 Å². The average molecular weight is 358 g/mol. The van der Waals surface area contributed by atoms with E-state index in [4.69, 9.17) is 9.47 Å². The van der Waals surface area contributed by atoms with Crippen LogP contribution < -0.4 is 9.47 Å². The third-order valence-corrected chi connectivity index (χ3v) is 5.60. The fourth-order valence-corrected chi connectivity index (χ4v) is 4.60. The number of fused-ring (bicyclic) bond motifs is 4. The lowest BCUT2D eigenvalue weighted by molar-refractivity contribution is 0.174. The molecule has 0 amide bonds. The van der Waals surface area contributed by atoms with Crippen molar-refractivity contribution in [2.24, 2.45) is 0 Å². The molecule has 0 saturated heterocycles. The topological polar surface area (TPSA) is 21.7 Å². The summed E-state index contributed by atoms with van der Waals surface area (Å²) in [6, 6.07) is 9.25. The second-order valence-corrected chi connectivity index (χ2v) is 7.23. The molecule has 1 aliphatic carbocycles. The summed E-state index contributed by atoms with van der Waals surface area (Å²) in [6.07, 6.45) is 2.15. The molecule has 0 spiro atoms. The predicted octanol–water partition coefficient (Wildman–Crippen LogP) is 3.93. The van der Waals surface area contributed by atoms with Crippen molar-refractivity contribution in [2.75, 3.05) is 20.4 Å². The van der Waals surface area contributed by atoms with Crippen molar-refractivity contribution < 1.29 is 9.47 Å². The van der Waals surface area contributed by atoms with Crippen molar-refractivity contribution in [1.82, 2.24) is 4.90 Å². The van der Waals surface area contributed by atoms with Crippen molar-refractivity contribution in [3.8, 4) is 22.6 Å². The minimum absolute atomic E-state index is 0.325. The van der Waals surface area contributed by atoms with Crippen LogP contribution in [0.4, 0.5) is 0 Å². The lowest BCUT2D eigenvalue weighted by Gasteiger charge is -2.40. The van der Waals surface area contributed by atoms with Crippen molar-refractivity contribution in [3.05, 3.63) is 45.4 Å². The average Bonchev–Trinajstić information content (AvgIpc) is 2.98. The number of benzene rings is 2. The van der Waals surface area contributed by atoms with Gasteiger partial charge < -0.3 is 9.47 Å². The number of likely N-dealkylation sites (N-methyl/N-ethyl adjacent to an activating group) is 1. The van der Waals surface area contributed by atoms with Crippen LogP contribution in [0, 0.1) is 0 Å². The Balaban J connectivity index is 1.85. The molecule has 0 bridgehead atoms. The lowest BCUT2D eigenvalue weighted by Crippen LogP contribution is -2.35. The third kappa shape index (κ3) is 1.65. The van der Waals surface area contributed by atoms with Gasteiger partial charge in [0.2, 0.25) is 6.79 Å².